The molecule has 0 saturated carbocycles. The van der Waals surface area contributed by atoms with E-state index in [0.29, 0.717) is 23.4 Å². The maximum absolute atomic E-state index is 9.70. The van der Waals surface area contributed by atoms with Crippen LogP contribution in [0.15, 0.2) is 30.3 Å². The van der Waals surface area contributed by atoms with Crippen molar-refractivity contribution in [1.82, 2.24) is 20.3 Å². The van der Waals surface area contributed by atoms with Crippen LogP contribution in [0.1, 0.15) is 32.3 Å². The molecule has 3 heterocycles. The summed E-state index contributed by atoms with van der Waals surface area (Å²) in [5.41, 5.74) is 3.10. The molecule has 0 unspecified atom stereocenters. The number of ether oxygens (including phenoxy) is 1. The first-order valence-corrected chi connectivity index (χ1v) is 11.4. The first kappa shape index (κ1) is 22.2. The monoisotopic (exact) mass is 436 g/mol. The quantitative estimate of drug-likeness (QED) is 0.496. The van der Waals surface area contributed by atoms with Gasteiger partial charge in [-0.05, 0) is 70.1 Å². The Labute approximate surface area is 189 Å². The lowest BCUT2D eigenvalue weighted by atomic mass is 10.1. The molecular formula is C24H32N6O2. The lowest BCUT2D eigenvalue weighted by Crippen LogP contribution is -2.36. The molecule has 8 nitrogen and oxygen atoms in total. The van der Waals surface area contributed by atoms with Gasteiger partial charge in [0, 0.05) is 30.3 Å². The Morgan fingerprint density at radius 1 is 1.09 bits per heavy atom. The number of hydrogen-bond donors (Lipinski definition) is 3. The minimum atomic E-state index is -0.0941. The van der Waals surface area contributed by atoms with Gasteiger partial charge in [0.15, 0.2) is 5.65 Å². The maximum atomic E-state index is 9.70. The SMILES string of the molecule is CCN(CC)c1nc(NC2CCNCC2)nc2nc(-c3ccc(OC)c(CO)c3)ccc12. The number of aromatic nitrogens is 3. The van der Waals surface area contributed by atoms with Gasteiger partial charge in [-0.1, -0.05) is 0 Å². The largest absolute Gasteiger partial charge is 0.496 e. The highest BCUT2D eigenvalue weighted by Gasteiger charge is 2.18. The number of nitrogens with one attached hydrogen (secondary N) is 2. The predicted molar refractivity (Wildman–Crippen MR) is 128 cm³/mol. The summed E-state index contributed by atoms with van der Waals surface area (Å²) in [5.74, 6) is 2.19. The molecule has 1 aliphatic heterocycles. The second-order valence-electron chi connectivity index (χ2n) is 7.96. The number of nitrogens with zero attached hydrogens (tertiary/aromatic N) is 4. The van der Waals surface area contributed by atoms with Crippen LogP contribution in [-0.2, 0) is 6.61 Å². The van der Waals surface area contributed by atoms with Crippen LogP contribution in [-0.4, -0.2) is 59.4 Å². The zero-order valence-electron chi connectivity index (χ0n) is 19.1. The van der Waals surface area contributed by atoms with E-state index in [-0.39, 0.29) is 6.61 Å². The minimum absolute atomic E-state index is 0.0941. The highest BCUT2D eigenvalue weighted by Crippen LogP contribution is 2.30. The van der Waals surface area contributed by atoms with Crippen molar-refractivity contribution < 1.29 is 9.84 Å². The average molecular weight is 437 g/mol. The number of pyridine rings is 1. The molecule has 1 aliphatic rings. The van der Waals surface area contributed by atoms with Crippen LogP contribution >= 0.6 is 0 Å². The zero-order valence-corrected chi connectivity index (χ0v) is 19.1. The third kappa shape index (κ3) is 4.61. The van der Waals surface area contributed by atoms with Crippen molar-refractivity contribution in [2.75, 3.05) is 43.5 Å². The van der Waals surface area contributed by atoms with Crippen LogP contribution in [0.4, 0.5) is 11.8 Å². The van der Waals surface area contributed by atoms with Crippen molar-refractivity contribution in [1.29, 1.82) is 0 Å². The first-order valence-electron chi connectivity index (χ1n) is 11.4. The number of piperidine rings is 1. The molecular weight excluding hydrogens is 404 g/mol. The van der Waals surface area contributed by atoms with Gasteiger partial charge in [0.25, 0.3) is 0 Å². The van der Waals surface area contributed by atoms with Crippen molar-refractivity contribution in [3.63, 3.8) is 0 Å². The summed E-state index contributed by atoms with van der Waals surface area (Å²) in [6, 6.07) is 10.1. The standard InChI is InChI=1S/C24H32N6O2/c1-4-30(5-2)23-19-7-8-20(16-6-9-21(32-3)17(14-16)15-31)27-22(19)28-24(29-23)26-18-10-12-25-13-11-18/h6-9,14,18,25,31H,4-5,10-13,15H2,1-3H3,(H,26,27,28,29). The molecule has 0 spiro atoms. The van der Waals surface area contributed by atoms with Crippen molar-refractivity contribution >= 4 is 22.8 Å². The fourth-order valence-corrected chi connectivity index (χ4v) is 4.19. The van der Waals surface area contributed by atoms with Crippen molar-refractivity contribution in [3.05, 3.63) is 35.9 Å². The number of benzene rings is 1. The van der Waals surface area contributed by atoms with E-state index in [1.807, 2.05) is 30.3 Å². The number of anilines is 2. The van der Waals surface area contributed by atoms with Crippen molar-refractivity contribution in [2.24, 2.45) is 0 Å². The summed E-state index contributed by atoms with van der Waals surface area (Å²) in [4.78, 5) is 16.8. The highest BCUT2D eigenvalue weighted by atomic mass is 16.5. The Morgan fingerprint density at radius 2 is 1.88 bits per heavy atom. The topological polar surface area (TPSA) is 95.4 Å². The van der Waals surface area contributed by atoms with Gasteiger partial charge in [0.2, 0.25) is 5.95 Å². The second kappa shape index (κ2) is 10.1. The number of rotatable bonds is 8. The van der Waals surface area contributed by atoms with Gasteiger partial charge in [0.1, 0.15) is 11.6 Å². The Balaban J connectivity index is 1.78. The van der Waals surface area contributed by atoms with Crippen LogP contribution in [0.25, 0.3) is 22.3 Å². The van der Waals surface area contributed by atoms with Gasteiger partial charge in [-0.15, -0.1) is 0 Å². The van der Waals surface area contributed by atoms with E-state index in [1.54, 1.807) is 7.11 Å². The van der Waals surface area contributed by atoms with Gasteiger partial charge in [-0.2, -0.15) is 9.97 Å². The predicted octanol–water partition coefficient (Wildman–Crippen LogP) is 3.20. The molecule has 32 heavy (non-hydrogen) atoms. The summed E-state index contributed by atoms with van der Waals surface area (Å²) in [6.45, 7) is 7.89. The van der Waals surface area contributed by atoms with E-state index in [4.69, 9.17) is 19.7 Å². The summed E-state index contributed by atoms with van der Waals surface area (Å²) >= 11 is 0. The molecule has 8 heteroatoms. The third-order valence-corrected chi connectivity index (χ3v) is 6.02. The van der Waals surface area contributed by atoms with E-state index < -0.39 is 0 Å². The molecule has 1 fully saturated rings. The second-order valence-corrected chi connectivity index (χ2v) is 7.96. The highest BCUT2D eigenvalue weighted by molar-refractivity contribution is 5.89. The molecule has 2 aromatic heterocycles. The van der Waals surface area contributed by atoms with E-state index >= 15 is 0 Å². The summed E-state index contributed by atoms with van der Waals surface area (Å²) in [6.07, 6.45) is 2.09. The Morgan fingerprint density at radius 3 is 2.56 bits per heavy atom. The number of aliphatic hydroxyl groups excluding tert-OH is 1. The van der Waals surface area contributed by atoms with Gasteiger partial charge < -0.3 is 25.4 Å². The lowest BCUT2D eigenvalue weighted by Gasteiger charge is -2.25. The molecule has 4 rings (SSSR count). The Kier molecular flexibility index (Phi) is 7.02. The molecule has 1 saturated heterocycles. The number of aliphatic hydroxyl groups is 1. The van der Waals surface area contributed by atoms with E-state index in [9.17, 15) is 5.11 Å². The van der Waals surface area contributed by atoms with Crippen LogP contribution < -0.4 is 20.3 Å². The third-order valence-electron chi connectivity index (χ3n) is 6.02. The van der Waals surface area contributed by atoms with Gasteiger partial charge >= 0.3 is 0 Å². The fraction of sp³-hybridized carbons (Fsp3) is 0.458. The first-order chi connectivity index (χ1) is 15.7. The number of fused-ring (bicyclic) bond motifs is 1. The summed E-state index contributed by atoms with van der Waals surface area (Å²) in [5, 5.41) is 17.6. The zero-order chi connectivity index (χ0) is 22.5. The Hall–Kier alpha value is -2.97. The van der Waals surface area contributed by atoms with Crippen molar-refractivity contribution in [2.45, 2.75) is 39.3 Å². The van der Waals surface area contributed by atoms with Crippen LogP contribution in [0.3, 0.4) is 0 Å². The molecule has 0 aliphatic carbocycles. The minimum Gasteiger partial charge on any atom is -0.496 e. The fourth-order valence-electron chi connectivity index (χ4n) is 4.19. The van der Waals surface area contributed by atoms with E-state index in [1.165, 1.54) is 0 Å². The van der Waals surface area contributed by atoms with E-state index in [2.05, 4.69) is 29.4 Å². The molecule has 3 N–H and O–H groups in total. The van der Waals surface area contributed by atoms with Crippen LogP contribution in [0.5, 0.6) is 5.75 Å². The number of hydrogen-bond acceptors (Lipinski definition) is 8. The van der Waals surface area contributed by atoms with Crippen molar-refractivity contribution in [3.8, 4) is 17.0 Å². The van der Waals surface area contributed by atoms with E-state index in [0.717, 1.165) is 67.0 Å². The lowest BCUT2D eigenvalue weighted by molar-refractivity contribution is 0.274. The van der Waals surface area contributed by atoms with Crippen LogP contribution in [0, 0.1) is 0 Å². The molecule has 0 bridgehead atoms. The molecule has 170 valence electrons. The molecule has 0 atom stereocenters. The number of methoxy groups -OCH3 is 1. The van der Waals surface area contributed by atoms with Gasteiger partial charge in [-0.25, -0.2) is 4.98 Å². The summed E-state index contributed by atoms with van der Waals surface area (Å²) in [7, 11) is 1.60. The van der Waals surface area contributed by atoms with Gasteiger partial charge in [-0.3, -0.25) is 0 Å². The Bertz CT molecular complexity index is 1060. The molecule has 0 radical (unpaired) electrons. The van der Waals surface area contributed by atoms with Crippen LogP contribution in [0.2, 0.25) is 0 Å². The normalized spacial score (nSPS) is 14.5. The maximum Gasteiger partial charge on any atom is 0.226 e. The smallest absolute Gasteiger partial charge is 0.226 e. The molecule has 0 amide bonds. The summed E-state index contributed by atoms with van der Waals surface area (Å²) < 4.78 is 5.33. The van der Waals surface area contributed by atoms with Gasteiger partial charge in [0.05, 0.1) is 24.8 Å². The molecule has 3 aromatic rings. The average Bonchev–Trinajstić information content (AvgIpc) is 2.84. The molecule has 1 aromatic carbocycles.